The van der Waals surface area contributed by atoms with Crippen LogP contribution in [-0.4, -0.2) is 19.3 Å². The van der Waals surface area contributed by atoms with Gasteiger partial charge in [0.25, 0.3) is 15.9 Å². The van der Waals surface area contributed by atoms with Crippen molar-refractivity contribution in [3.63, 3.8) is 0 Å². The van der Waals surface area contributed by atoms with E-state index in [2.05, 4.69) is 15.0 Å². The van der Waals surface area contributed by atoms with Crippen molar-refractivity contribution in [2.45, 2.75) is 11.4 Å². The molecule has 0 unspecified atom stereocenters. The number of pyridine rings is 1. The summed E-state index contributed by atoms with van der Waals surface area (Å²) in [7, 11) is -4.08. The number of amides is 1. The van der Waals surface area contributed by atoms with Gasteiger partial charge >= 0.3 is 0 Å². The van der Waals surface area contributed by atoms with Crippen molar-refractivity contribution in [2.24, 2.45) is 0 Å². The predicted molar refractivity (Wildman–Crippen MR) is 122 cm³/mol. The number of carbonyl (C=O) groups is 1. The molecule has 0 fully saturated rings. The fraction of sp³-hybridized carbons (Fsp3) is 0.0435. The number of nitrogens with one attached hydrogen (secondary N) is 2. The summed E-state index contributed by atoms with van der Waals surface area (Å²) in [5.74, 6) is -1.15. The Morgan fingerprint density at radius 3 is 2.50 bits per heavy atom. The minimum Gasteiger partial charge on any atom is -0.348 e. The molecule has 2 aromatic carbocycles. The van der Waals surface area contributed by atoms with E-state index in [1.165, 1.54) is 42.5 Å². The van der Waals surface area contributed by atoms with Crippen LogP contribution >= 0.6 is 11.3 Å². The van der Waals surface area contributed by atoms with Crippen LogP contribution < -0.4 is 10.0 Å². The summed E-state index contributed by atoms with van der Waals surface area (Å²) in [6, 6.07) is 15.0. The van der Waals surface area contributed by atoms with Crippen LogP contribution in [0.5, 0.6) is 0 Å². The smallest absolute Gasteiger partial charge is 0.264 e. The molecular formula is C23H18FN3O3S2. The first-order chi connectivity index (χ1) is 15.4. The fourth-order valence-corrected chi connectivity index (χ4v) is 4.82. The van der Waals surface area contributed by atoms with E-state index in [1.807, 2.05) is 22.9 Å². The number of hydrogen-bond donors (Lipinski definition) is 2. The molecule has 6 nitrogen and oxygen atoms in total. The van der Waals surface area contributed by atoms with E-state index in [-0.39, 0.29) is 11.6 Å². The predicted octanol–water partition coefficient (Wildman–Crippen LogP) is 4.68. The lowest BCUT2D eigenvalue weighted by atomic mass is 10.1. The Labute approximate surface area is 188 Å². The summed E-state index contributed by atoms with van der Waals surface area (Å²) in [5, 5.41) is 6.84. The number of halogens is 1. The lowest BCUT2D eigenvalue weighted by Gasteiger charge is -2.10. The van der Waals surface area contributed by atoms with E-state index in [9.17, 15) is 17.6 Å². The second-order valence-corrected chi connectivity index (χ2v) is 9.32. The van der Waals surface area contributed by atoms with Crippen LogP contribution in [0, 0.1) is 5.82 Å². The Balaban J connectivity index is 1.39. The van der Waals surface area contributed by atoms with E-state index in [4.69, 9.17) is 0 Å². The minimum atomic E-state index is -4.08. The first-order valence-electron chi connectivity index (χ1n) is 9.54. The van der Waals surface area contributed by atoms with Gasteiger partial charge in [-0.05, 0) is 70.4 Å². The SMILES string of the molecule is O=C(NCc1cncc(-c2ccsc2)c1)c1ccc(NS(=O)(=O)c2ccccc2F)cc1. The number of hydrogen-bond acceptors (Lipinski definition) is 5. The number of thiophene rings is 1. The topological polar surface area (TPSA) is 88.2 Å². The second kappa shape index (κ2) is 9.29. The summed E-state index contributed by atoms with van der Waals surface area (Å²) in [5.41, 5.74) is 3.49. The molecule has 2 aromatic heterocycles. The van der Waals surface area contributed by atoms with Crippen LogP contribution in [0.1, 0.15) is 15.9 Å². The number of benzene rings is 2. The van der Waals surface area contributed by atoms with Gasteiger partial charge in [-0.3, -0.25) is 14.5 Å². The van der Waals surface area contributed by atoms with Crippen LogP contribution in [0.4, 0.5) is 10.1 Å². The summed E-state index contributed by atoms with van der Waals surface area (Å²) >= 11 is 1.60. The molecule has 0 aliphatic rings. The normalized spacial score (nSPS) is 11.2. The lowest BCUT2D eigenvalue weighted by molar-refractivity contribution is 0.0951. The Bertz CT molecular complexity index is 1340. The molecule has 0 saturated carbocycles. The molecule has 2 heterocycles. The molecule has 0 saturated heterocycles. The van der Waals surface area contributed by atoms with E-state index in [0.29, 0.717) is 12.1 Å². The van der Waals surface area contributed by atoms with Gasteiger partial charge in [-0.25, -0.2) is 12.8 Å². The van der Waals surface area contributed by atoms with Crippen LogP contribution in [0.15, 0.2) is 88.7 Å². The van der Waals surface area contributed by atoms with Crippen molar-refractivity contribution in [3.05, 3.63) is 101 Å². The van der Waals surface area contributed by atoms with Gasteiger partial charge in [0.15, 0.2) is 0 Å². The highest BCUT2D eigenvalue weighted by Gasteiger charge is 2.18. The number of anilines is 1. The molecule has 0 aliphatic heterocycles. The molecule has 4 aromatic rings. The summed E-state index contributed by atoms with van der Waals surface area (Å²) in [6.45, 7) is 0.297. The number of nitrogens with zero attached hydrogens (tertiary/aromatic N) is 1. The molecule has 1 amide bonds. The first-order valence-corrected chi connectivity index (χ1v) is 12.0. The zero-order valence-corrected chi connectivity index (χ0v) is 18.3. The van der Waals surface area contributed by atoms with E-state index >= 15 is 0 Å². The maximum Gasteiger partial charge on any atom is 0.264 e. The summed E-state index contributed by atoms with van der Waals surface area (Å²) in [6.07, 6.45) is 3.46. The Morgan fingerprint density at radius 1 is 1.00 bits per heavy atom. The van der Waals surface area contributed by atoms with E-state index in [1.54, 1.807) is 23.7 Å². The van der Waals surface area contributed by atoms with Gasteiger partial charge in [-0.15, -0.1) is 0 Å². The maximum absolute atomic E-state index is 13.8. The molecule has 0 spiro atoms. The van der Waals surface area contributed by atoms with Crippen molar-refractivity contribution < 1.29 is 17.6 Å². The van der Waals surface area contributed by atoms with E-state index in [0.717, 1.165) is 22.8 Å². The highest BCUT2D eigenvalue weighted by Crippen LogP contribution is 2.22. The third-order valence-electron chi connectivity index (χ3n) is 4.63. The average Bonchev–Trinajstić information content (AvgIpc) is 3.33. The quantitative estimate of drug-likeness (QED) is 0.413. The Hall–Kier alpha value is -3.56. The highest BCUT2D eigenvalue weighted by atomic mass is 32.2. The van der Waals surface area contributed by atoms with Gasteiger partial charge in [-0.1, -0.05) is 12.1 Å². The van der Waals surface area contributed by atoms with E-state index < -0.39 is 20.7 Å². The van der Waals surface area contributed by atoms with Crippen molar-refractivity contribution in [3.8, 4) is 11.1 Å². The molecular weight excluding hydrogens is 449 g/mol. The fourth-order valence-electron chi connectivity index (χ4n) is 3.02. The minimum absolute atomic E-state index is 0.220. The monoisotopic (exact) mass is 467 g/mol. The molecule has 0 radical (unpaired) electrons. The van der Waals surface area contributed by atoms with Gasteiger partial charge in [0.1, 0.15) is 10.7 Å². The van der Waals surface area contributed by atoms with Crippen molar-refractivity contribution in [2.75, 3.05) is 4.72 Å². The zero-order chi connectivity index (χ0) is 22.6. The number of sulfonamides is 1. The largest absolute Gasteiger partial charge is 0.348 e. The molecule has 32 heavy (non-hydrogen) atoms. The highest BCUT2D eigenvalue weighted by molar-refractivity contribution is 7.92. The lowest BCUT2D eigenvalue weighted by Crippen LogP contribution is -2.23. The maximum atomic E-state index is 13.8. The van der Waals surface area contributed by atoms with Gasteiger partial charge in [0.2, 0.25) is 0 Å². The average molecular weight is 468 g/mol. The third kappa shape index (κ3) is 5.01. The molecule has 0 bridgehead atoms. The standard InChI is InChI=1S/C23H18FN3O3S2/c24-21-3-1-2-4-22(21)32(29,30)27-20-7-5-17(6-8-20)23(28)26-13-16-11-19(14-25-12-16)18-9-10-31-15-18/h1-12,14-15,27H,13H2,(H,26,28). The first kappa shape index (κ1) is 21.7. The second-order valence-electron chi connectivity index (χ2n) is 6.89. The van der Waals surface area contributed by atoms with Gasteiger partial charge in [0, 0.05) is 35.8 Å². The third-order valence-corrected chi connectivity index (χ3v) is 6.73. The molecule has 9 heteroatoms. The van der Waals surface area contributed by atoms with Crippen LogP contribution in [0.25, 0.3) is 11.1 Å². The molecule has 162 valence electrons. The summed E-state index contributed by atoms with van der Waals surface area (Å²) < 4.78 is 40.9. The Morgan fingerprint density at radius 2 is 1.78 bits per heavy atom. The Kier molecular flexibility index (Phi) is 6.29. The van der Waals surface area contributed by atoms with Gasteiger partial charge in [0.05, 0.1) is 0 Å². The number of carbonyl (C=O) groups excluding carboxylic acids is 1. The van der Waals surface area contributed by atoms with Crippen molar-refractivity contribution in [1.82, 2.24) is 10.3 Å². The zero-order valence-electron chi connectivity index (χ0n) is 16.7. The van der Waals surface area contributed by atoms with Crippen LogP contribution in [-0.2, 0) is 16.6 Å². The summed E-state index contributed by atoms with van der Waals surface area (Å²) in [4.78, 5) is 16.3. The van der Waals surface area contributed by atoms with Crippen LogP contribution in [0.2, 0.25) is 0 Å². The molecule has 0 atom stereocenters. The van der Waals surface area contributed by atoms with Crippen LogP contribution in [0.3, 0.4) is 0 Å². The van der Waals surface area contributed by atoms with Gasteiger partial charge in [-0.2, -0.15) is 11.3 Å². The van der Waals surface area contributed by atoms with Crippen molar-refractivity contribution in [1.29, 1.82) is 0 Å². The van der Waals surface area contributed by atoms with Crippen molar-refractivity contribution >= 4 is 33.0 Å². The number of rotatable bonds is 7. The molecule has 4 rings (SSSR count). The van der Waals surface area contributed by atoms with Gasteiger partial charge < -0.3 is 5.32 Å². The number of aromatic nitrogens is 1. The molecule has 0 aliphatic carbocycles. The molecule has 2 N–H and O–H groups in total.